The molecule has 1 aromatic rings. The van der Waals surface area contributed by atoms with Gasteiger partial charge in [0.25, 0.3) is 5.69 Å². The number of ketones is 1. The fourth-order valence-electron chi connectivity index (χ4n) is 4.04. The van der Waals surface area contributed by atoms with Crippen molar-refractivity contribution in [3.63, 3.8) is 0 Å². The molecule has 2 aliphatic rings. The Hall–Kier alpha value is -2.24. The molecule has 0 bridgehead atoms. The molecule has 1 unspecified atom stereocenters. The first-order valence-corrected chi connectivity index (χ1v) is 8.29. The number of hydrogen-bond acceptors (Lipinski definition) is 5. The molecule has 3 rings (SSSR count). The molecule has 6 heteroatoms. The van der Waals surface area contributed by atoms with E-state index in [2.05, 4.69) is 0 Å². The van der Waals surface area contributed by atoms with Gasteiger partial charge in [-0.25, -0.2) is 0 Å². The topological polar surface area (TPSA) is 86.5 Å². The number of hydrogen-bond donors (Lipinski definition) is 0. The van der Waals surface area contributed by atoms with Gasteiger partial charge in [-0.05, 0) is 44.4 Å². The predicted molar refractivity (Wildman–Crippen MR) is 86.2 cm³/mol. The zero-order chi connectivity index (χ0) is 17.5. The van der Waals surface area contributed by atoms with Crippen molar-refractivity contribution in [1.82, 2.24) is 0 Å². The highest BCUT2D eigenvalue weighted by Crippen LogP contribution is 2.53. The molecule has 1 saturated heterocycles. The minimum atomic E-state index is -1.00. The SMILES string of the molecule is CC1(C)C(=O)C2(CCCCC2)C(=O)OC1c1ccc([N+](=O)[O-])cc1. The maximum absolute atomic E-state index is 13.2. The largest absolute Gasteiger partial charge is 0.456 e. The summed E-state index contributed by atoms with van der Waals surface area (Å²) >= 11 is 0. The number of nitrogens with zero attached hydrogens (tertiary/aromatic N) is 1. The van der Waals surface area contributed by atoms with Crippen LogP contribution in [0.2, 0.25) is 0 Å². The van der Waals surface area contributed by atoms with E-state index in [4.69, 9.17) is 4.74 Å². The molecule has 1 atom stereocenters. The molecule has 2 fully saturated rings. The zero-order valence-corrected chi connectivity index (χ0v) is 13.9. The molecular weight excluding hydrogens is 310 g/mol. The van der Waals surface area contributed by atoms with Crippen molar-refractivity contribution in [1.29, 1.82) is 0 Å². The summed E-state index contributed by atoms with van der Waals surface area (Å²) in [5.74, 6) is -0.496. The summed E-state index contributed by atoms with van der Waals surface area (Å²) in [4.78, 5) is 36.2. The molecule has 24 heavy (non-hydrogen) atoms. The molecule has 128 valence electrons. The van der Waals surface area contributed by atoms with E-state index in [0.29, 0.717) is 18.4 Å². The quantitative estimate of drug-likeness (QED) is 0.356. The summed E-state index contributed by atoms with van der Waals surface area (Å²) in [5, 5.41) is 10.8. The first kappa shape index (κ1) is 16.6. The van der Waals surface area contributed by atoms with Gasteiger partial charge in [-0.15, -0.1) is 0 Å². The van der Waals surface area contributed by atoms with Crippen LogP contribution in [-0.2, 0) is 14.3 Å². The lowest BCUT2D eigenvalue weighted by molar-refractivity contribution is -0.384. The maximum atomic E-state index is 13.2. The van der Waals surface area contributed by atoms with E-state index >= 15 is 0 Å². The number of benzene rings is 1. The summed E-state index contributed by atoms with van der Waals surface area (Å²) in [5.41, 5.74) is -1.29. The zero-order valence-electron chi connectivity index (χ0n) is 13.9. The molecule has 1 aliphatic carbocycles. The second-order valence-corrected chi connectivity index (χ2v) is 7.33. The normalized spacial score (nSPS) is 25.3. The minimum Gasteiger partial charge on any atom is -0.456 e. The van der Waals surface area contributed by atoms with Gasteiger partial charge in [-0.3, -0.25) is 19.7 Å². The molecule has 0 radical (unpaired) electrons. The Morgan fingerprint density at radius 2 is 1.67 bits per heavy atom. The average molecular weight is 331 g/mol. The highest BCUT2D eigenvalue weighted by Gasteiger charge is 2.60. The molecule has 1 aliphatic heterocycles. The second kappa shape index (κ2) is 5.69. The van der Waals surface area contributed by atoms with Crippen LogP contribution in [0.3, 0.4) is 0 Å². The molecule has 6 nitrogen and oxygen atoms in total. The maximum Gasteiger partial charge on any atom is 0.320 e. The van der Waals surface area contributed by atoms with E-state index in [-0.39, 0.29) is 11.5 Å². The van der Waals surface area contributed by atoms with E-state index in [9.17, 15) is 19.7 Å². The van der Waals surface area contributed by atoms with E-state index in [1.807, 2.05) is 0 Å². The van der Waals surface area contributed by atoms with Crippen molar-refractivity contribution in [2.24, 2.45) is 10.8 Å². The number of rotatable bonds is 2. The summed E-state index contributed by atoms with van der Waals surface area (Å²) in [6.07, 6.45) is 3.15. The fraction of sp³-hybridized carbons (Fsp3) is 0.556. The van der Waals surface area contributed by atoms with Gasteiger partial charge in [0.15, 0.2) is 5.78 Å². The van der Waals surface area contributed by atoms with Crippen LogP contribution in [0.25, 0.3) is 0 Å². The van der Waals surface area contributed by atoms with Crippen LogP contribution in [0.15, 0.2) is 24.3 Å². The van der Waals surface area contributed by atoms with Crippen molar-refractivity contribution in [3.8, 4) is 0 Å². The third-order valence-electron chi connectivity index (χ3n) is 5.40. The van der Waals surface area contributed by atoms with Gasteiger partial charge in [0, 0.05) is 12.1 Å². The van der Waals surface area contributed by atoms with E-state index in [1.165, 1.54) is 12.1 Å². The Bertz CT molecular complexity index is 686. The standard InChI is InChI=1S/C18H21NO5/c1-17(2)14(12-6-8-13(9-7-12)19(22)23)24-16(21)18(15(17)20)10-4-3-5-11-18/h6-9,14H,3-5,10-11H2,1-2H3. The lowest BCUT2D eigenvalue weighted by Crippen LogP contribution is -2.55. The lowest BCUT2D eigenvalue weighted by atomic mass is 9.60. The van der Waals surface area contributed by atoms with Gasteiger partial charge in [-0.1, -0.05) is 19.3 Å². The predicted octanol–water partition coefficient (Wildman–Crippen LogP) is 3.74. The van der Waals surface area contributed by atoms with Crippen molar-refractivity contribution < 1.29 is 19.2 Å². The van der Waals surface area contributed by atoms with Crippen LogP contribution in [0.4, 0.5) is 5.69 Å². The van der Waals surface area contributed by atoms with Crippen LogP contribution >= 0.6 is 0 Å². The van der Waals surface area contributed by atoms with E-state index < -0.39 is 27.8 Å². The Balaban J connectivity index is 1.95. The monoisotopic (exact) mass is 331 g/mol. The number of non-ortho nitro benzene ring substituents is 1. The average Bonchev–Trinajstić information content (AvgIpc) is 2.58. The van der Waals surface area contributed by atoms with Crippen molar-refractivity contribution >= 4 is 17.4 Å². The highest BCUT2D eigenvalue weighted by molar-refractivity contribution is 6.08. The second-order valence-electron chi connectivity index (χ2n) is 7.33. The Morgan fingerprint density at radius 3 is 2.21 bits per heavy atom. The Kier molecular flexibility index (Phi) is 3.94. The summed E-state index contributed by atoms with van der Waals surface area (Å²) in [7, 11) is 0. The molecule has 1 saturated carbocycles. The van der Waals surface area contributed by atoms with Crippen LogP contribution in [0, 0.1) is 20.9 Å². The summed E-state index contributed by atoms with van der Waals surface area (Å²) in [6.45, 7) is 3.59. The first-order valence-electron chi connectivity index (χ1n) is 8.29. The Morgan fingerprint density at radius 1 is 1.08 bits per heavy atom. The number of cyclic esters (lactones) is 1. The summed E-state index contributed by atoms with van der Waals surface area (Å²) < 4.78 is 5.72. The molecule has 1 spiro atoms. The molecule has 1 heterocycles. The van der Waals surface area contributed by atoms with Gasteiger partial charge in [-0.2, -0.15) is 0 Å². The number of ether oxygens (including phenoxy) is 1. The van der Waals surface area contributed by atoms with E-state index in [1.54, 1.807) is 26.0 Å². The molecule has 0 aromatic heterocycles. The number of esters is 1. The molecule has 1 aromatic carbocycles. The molecule has 0 amide bonds. The summed E-state index contributed by atoms with van der Waals surface area (Å²) in [6, 6.07) is 5.86. The van der Waals surface area contributed by atoms with E-state index in [0.717, 1.165) is 19.3 Å². The van der Waals surface area contributed by atoms with Gasteiger partial charge >= 0.3 is 5.97 Å². The fourth-order valence-corrected chi connectivity index (χ4v) is 4.04. The number of carbonyl (C=O) groups is 2. The first-order chi connectivity index (χ1) is 11.3. The van der Waals surface area contributed by atoms with Gasteiger partial charge in [0.2, 0.25) is 0 Å². The lowest BCUT2D eigenvalue weighted by Gasteiger charge is -2.47. The minimum absolute atomic E-state index is 0.0335. The Labute approximate surface area is 140 Å². The molecule has 0 N–H and O–H groups in total. The third-order valence-corrected chi connectivity index (χ3v) is 5.40. The van der Waals surface area contributed by atoms with Crippen molar-refractivity contribution in [2.75, 3.05) is 0 Å². The number of Topliss-reactive ketones (excluding diaryl/α,β-unsaturated/α-hetero) is 1. The number of nitro benzene ring substituents is 1. The van der Waals surface area contributed by atoms with Gasteiger partial charge in [0.1, 0.15) is 11.5 Å². The van der Waals surface area contributed by atoms with Crippen LogP contribution in [-0.4, -0.2) is 16.7 Å². The van der Waals surface area contributed by atoms with Gasteiger partial charge < -0.3 is 4.74 Å². The van der Waals surface area contributed by atoms with Crippen LogP contribution < -0.4 is 0 Å². The highest BCUT2D eigenvalue weighted by atomic mass is 16.6. The van der Waals surface area contributed by atoms with Crippen LogP contribution in [0.1, 0.15) is 57.6 Å². The van der Waals surface area contributed by atoms with Crippen molar-refractivity contribution in [2.45, 2.75) is 52.1 Å². The third kappa shape index (κ3) is 2.41. The van der Waals surface area contributed by atoms with Crippen molar-refractivity contribution in [3.05, 3.63) is 39.9 Å². The van der Waals surface area contributed by atoms with Crippen LogP contribution in [0.5, 0.6) is 0 Å². The van der Waals surface area contributed by atoms with Gasteiger partial charge in [0.05, 0.1) is 10.3 Å². The molecular formula is C18H21NO5. The number of nitro groups is 1. The number of carbonyl (C=O) groups excluding carboxylic acids is 2. The smallest absolute Gasteiger partial charge is 0.320 e.